The topological polar surface area (TPSA) is 119 Å². The fourth-order valence-corrected chi connectivity index (χ4v) is 2.46. The van der Waals surface area contributed by atoms with Gasteiger partial charge in [0.05, 0.1) is 4.90 Å². The molecule has 0 saturated heterocycles. The van der Waals surface area contributed by atoms with Crippen molar-refractivity contribution in [1.29, 1.82) is 0 Å². The lowest BCUT2D eigenvalue weighted by Crippen LogP contribution is -2.30. The predicted molar refractivity (Wildman–Crippen MR) is 86.5 cm³/mol. The molecular formula is C14H19N5O3S. The molecule has 0 aliphatic heterocycles. The summed E-state index contributed by atoms with van der Waals surface area (Å²) in [4.78, 5) is 11.8. The molecule has 8 nitrogen and oxygen atoms in total. The minimum absolute atomic E-state index is 0.0671. The van der Waals surface area contributed by atoms with Crippen LogP contribution in [0.1, 0.15) is 11.3 Å². The molecular weight excluding hydrogens is 318 g/mol. The van der Waals surface area contributed by atoms with Gasteiger partial charge in [0.15, 0.2) is 5.82 Å². The molecule has 2 rings (SSSR count). The van der Waals surface area contributed by atoms with Crippen molar-refractivity contribution in [3.8, 4) is 0 Å². The van der Waals surface area contributed by atoms with Gasteiger partial charge >= 0.3 is 6.03 Å². The van der Waals surface area contributed by atoms with E-state index in [1.165, 1.54) is 12.1 Å². The van der Waals surface area contributed by atoms with E-state index >= 15 is 0 Å². The van der Waals surface area contributed by atoms with E-state index in [9.17, 15) is 13.2 Å². The smallest absolute Gasteiger partial charge is 0.320 e. The molecule has 0 spiro atoms. The van der Waals surface area contributed by atoms with Crippen molar-refractivity contribution in [2.24, 2.45) is 12.2 Å². The molecule has 9 heteroatoms. The Labute approximate surface area is 134 Å². The largest absolute Gasteiger partial charge is 0.337 e. The fraction of sp³-hybridized carbons (Fsp3) is 0.286. The van der Waals surface area contributed by atoms with E-state index in [1.54, 1.807) is 29.9 Å². The summed E-state index contributed by atoms with van der Waals surface area (Å²) in [7, 11) is -1.88. The summed E-state index contributed by atoms with van der Waals surface area (Å²) < 4.78 is 24.0. The summed E-state index contributed by atoms with van der Waals surface area (Å²) in [5.74, 6) is 0.486. The van der Waals surface area contributed by atoms with Crippen LogP contribution in [0.2, 0.25) is 0 Å². The molecule has 1 heterocycles. The van der Waals surface area contributed by atoms with Gasteiger partial charge in [0, 0.05) is 25.4 Å². The quantitative estimate of drug-likeness (QED) is 0.745. The Bertz CT molecular complexity index is 777. The molecule has 0 aliphatic carbocycles. The van der Waals surface area contributed by atoms with Gasteiger partial charge in [0.2, 0.25) is 10.0 Å². The average molecular weight is 337 g/mol. The minimum Gasteiger partial charge on any atom is -0.337 e. The number of amides is 2. The molecule has 0 bridgehead atoms. The Balaban J connectivity index is 1.81. The number of carbonyl (C=O) groups excluding carboxylic acids is 1. The lowest BCUT2D eigenvalue weighted by Gasteiger charge is -2.06. The maximum atomic E-state index is 11.7. The van der Waals surface area contributed by atoms with Crippen LogP contribution >= 0.6 is 0 Å². The molecule has 0 atom stereocenters. The van der Waals surface area contributed by atoms with Crippen LogP contribution in [-0.4, -0.2) is 30.8 Å². The summed E-state index contributed by atoms with van der Waals surface area (Å²) >= 11 is 0. The van der Waals surface area contributed by atoms with E-state index in [2.05, 4.69) is 15.7 Å². The van der Waals surface area contributed by atoms with Gasteiger partial charge in [-0.25, -0.2) is 18.4 Å². The van der Waals surface area contributed by atoms with Crippen LogP contribution in [0, 0.1) is 6.92 Å². The molecule has 2 amide bonds. The van der Waals surface area contributed by atoms with Gasteiger partial charge in [-0.2, -0.15) is 5.10 Å². The number of nitrogens with one attached hydrogen (secondary N) is 2. The van der Waals surface area contributed by atoms with Gasteiger partial charge in [0.1, 0.15) is 0 Å². The Kier molecular flexibility index (Phi) is 5.02. The Morgan fingerprint density at radius 3 is 2.48 bits per heavy atom. The van der Waals surface area contributed by atoms with E-state index in [-0.39, 0.29) is 10.9 Å². The summed E-state index contributed by atoms with van der Waals surface area (Å²) in [5.41, 5.74) is 1.83. The molecule has 4 N–H and O–H groups in total. The van der Waals surface area contributed by atoms with Gasteiger partial charge in [-0.1, -0.05) is 12.1 Å². The van der Waals surface area contributed by atoms with Crippen molar-refractivity contribution in [3.63, 3.8) is 0 Å². The Morgan fingerprint density at radius 2 is 1.96 bits per heavy atom. The molecule has 23 heavy (non-hydrogen) atoms. The van der Waals surface area contributed by atoms with Crippen LogP contribution in [0.5, 0.6) is 0 Å². The maximum absolute atomic E-state index is 11.7. The monoisotopic (exact) mass is 337 g/mol. The van der Waals surface area contributed by atoms with Crippen LogP contribution < -0.4 is 15.8 Å². The molecule has 2 aromatic rings. The van der Waals surface area contributed by atoms with Crippen molar-refractivity contribution in [3.05, 3.63) is 41.6 Å². The van der Waals surface area contributed by atoms with Crippen molar-refractivity contribution in [1.82, 2.24) is 15.1 Å². The van der Waals surface area contributed by atoms with Crippen molar-refractivity contribution in [2.45, 2.75) is 18.2 Å². The second-order valence-corrected chi connectivity index (χ2v) is 6.68. The molecule has 0 fully saturated rings. The zero-order chi connectivity index (χ0) is 17.0. The number of nitrogens with two attached hydrogens (primary N) is 1. The second kappa shape index (κ2) is 6.80. The van der Waals surface area contributed by atoms with E-state index in [0.717, 1.165) is 11.3 Å². The number of aromatic nitrogens is 2. The first kappa shape index (κ1) is 17.0. The lowest BCUT2D eigenvalue weighted by molar-refractivity contribution is 0.252. The third-order valence-corrected chi connectivity index (χ3v) is 4.24. The number of hydrogen-bond acceptors (Lipinski definition) is 4. The fourth-order valence-electron chi connectivity index (χ4n) is 1.95. The first-order valence-electron chi connectivity index (χ1n) is 6.93. The summed E-state index contributed by atoms with van der Waals surface area (Å²) in [6, 6.07) is 7.65. The number of primary sulfonamides is 1. The molecule has 1 aromatic carbocycles. The normalized spacial score (nSPS) is 11.3. The molecule has 0 saturated carbocycles. The highest BCUT2D eigenvalue weighted by atomic mass is 32.2. The van der Waals surface area contributed by atoms with Gasteiger partial charge in [0.25, 0.3) is 0 Å². The van der Waals surface area contributed by atoms with Gasteiger partial charge < -0.3 is 5.32 Å². The van der Waals surface area contributed by atoms with Gasteiger partial charge in [-0.05, 0) is 31.0 Å². The number of nitrogens with zero attached hydrogens (tertiary/aromatic N) is 2. The average Bonchev–Trinajstić information content (AvgIpc) is 2.76. The highest BCUT2D eigenvalue weighted by molar-refractivity contribution is 7.89. The van der Waals surface area contributed by atoms with E-state index < -0.39 is 10.0 Å². The number of anilines is 1. The minimum atomic E-state index is -3.68. The zero-order valence-corrected chi connectivity index (χ0v) is 13.7. The third kappa shape index (κ3) is 4.80. The van der Waals surface area contributed by atoms with Crippen LogP contribution in [0.25, 0.3) is 0 Å². The van der Waals surface area contributed by atoms with Gasteiger partial charge in [-0.3, -0.25) is 10.00 Å². The third-order valence-electron chi connectivity index (χ3n) is 3.31. The van der Waals surface area contributed by atoms with Crippen LogP contribution in [0.4, 0.5) is 10.6 Å². The number of sulfonamides is 1. The number of urea groups is 1. The zero-order valence-electron chi connectivity index (χ0n) is 12.9. The van der Waals surface area contributed by atoms with Crippen LogP contribution in [0.15, 0.2) is 35.2 Å². The summed E-state index contributed by atoms with van der Waals surface area (Å²) in [5, 5.41) is 14.5. The molecule has 0 aliphatic rings. The standard InChI is InChI=1S/C14H19N5O3S/c1-10-9-13(18-19(10)2)17-14(20)16-8-7-11-3-5-12(6-4-11)23(15,21)22/h3-6,9H,7-8H2,1-2H3,(H2,15,21,22)(H2,16,17,18,20). The van der Waals surface area contributed by atoms with Crippen molar-refractivity contribution < 1.29 is 13.2 Å². The molecule has 0 radical (unpaired) electrons. The number of carbonyl (C=O) groups is 1. The maximum Gasteiger partial charge on any atom is 0.320 e. The second-order valence-electron chi connectivity index (χ2n) is 5.11. The molecule has 1 aromatic heterocycles. The first-order valence-corrected chi connectivity index (χ1v) is 8.47. The predicted octanol–water partition coefficient (Wildman–Crippen LogP) is 0.740. The van der Waals surface area contributed by atoms with E-state index in [1.807, 2.05) is 6.92 Å². The SMILES string of the molecule is Cc1cc(NC(=O)NCCc2ccc(S(N)(=O)=O)cc2)nn1C. The molecule has 0 unspecified atom stereocenters. The lowest BCUT2D eigenvalue weighted by atomic mass is 10.1. The Morgan fingerprint density at radius 1 is 1.30 bits per heavy atom. The number of rotatable bonds is 5. The highest BCUT2D eigenvalue weighted by Gasteiger charge is 2.08. The number of aryl methyl sites for hydroxylation is 2. The Hall–Kier alpha value is -2.39. The molecule has 124 valence electrons. The highest BCUT2D eigenvalue weighted by Crippen LogP contribution is 2.09. The number of hydrogen-bond donors (Lipinski definition) is 3. The van der Waals surface area contributed by atoms with Gasteiger partial charge in [-0.15, -0.1) is 0 Å². The van der Waals surface area contributed by atoms with Crippen molar-refractivity contribution in [2.75, 3.05) is 11.9 Å². The van der Waals surface area contributed by atoms with Crippen LogP contribution in [0.3, 0.4) is 0 Å². The summed E-state index contributed by atoms with van der Waals surface area (Å²) in [6.45, 7) is 2.30. The summed E-state index contributed by atoms with van der Waals surface area (Å²) in [6.07, 6.45) is 0.569. The van der Waals surface area contributed by atoms with E-state index in [4.69, 9.17) is 5.14 Å². The van der Waals surface area contributed by atoms with Crippen LogP contribution in [-0.2, 0) is 23.5 Å². The number of benzene rings is 1. The van der Waals surface area contributed by atoms with Crippen molar-refractivity contribution >= 4 is 21.9 Å². The van der Waals surface area contributed by atoms with E-state index in [0.29, 0.717) is 18.8 Å². The first-order chi connectivity index (χ1) is 10.8.